The first-order valence-electron chi connectivity index (χ1n) is 5.58. The highest BCUT2D eigenvalue weighted by Crippen LogP contribution is 2.17. The summed E-state index contributed by atoms with van der Waals surface area (Å²) in [4.78, 5) is 11.7. The van der Waals surface area contributed by atoms with Crippen LogP contribution in [0.15, 0.2) is 24.3 Å². The molecule has 0 aliphatic rings. The standard InChI is InChI=1S/C13H18ClNO2/c1-9(8-14)13(16)15-10(2)11-4-6-12(17-3)7-5-11/h4-7,9-10H,8H2,1-3H3,(H,15,16). The molecule has 1 N–H and O–H groups in total. The summed E-state index contributed by atoms with van der Waals surface area (Å²) >= 11 is 5.64. The van der Waals surface area contributed by atoms with Gasteiger partial charge in [0, 0.05) is 11.8 Å². The maximum Gasteiger partial charge on any atom is 0.224 e. The van der Waals surface area contributed by atoms with Crippen LogP contribution in [0.5, 0.6) is 5.75 Å². The highest BCUT2D eigenvalue weighted by Gasteiger charge is 2.14. The largest absolute Gasteiger partial charge is 0.497 e. The van der Waals surface area contributed by atoms with Crippen LogP contribution < -0.4 is 10.1 Å². The van der Waals surface area contributed by atoms with Gasteiger partial charge in [-0.2, -0.15) is 0 Å². The van der Waals surface area contributed by atoms with E-state index in [2.05, 4.69) is 5.32 Å². The van der Waals surface area contributed by atoms with E-state index in [-0.39, 0.29) is 17.9 Å². The van der Waals surface area contributed by atoms with Gasteiger partial charge in [0.1, 0.15) is 5.75 Å². The number of methoxy groups -OCH3 is 1. The van der Waals surface area contributed by atoms with Crippen molar-refractivity contribution in [3.05, 3.63) is 29.8 Å². The average molecular weight is 256 g/mol. The minimum atomic E-state index is -0.169. The molecule has 0 saturated heterocycles. The third-order valence-electron chi connectivity index (χ3n) is 2.65. The molecule has 2 atom stereocenters. The van der Waals surface area contributed by atoms with Gasteiger partial charge in [-0.25, -0.2) is 0 Å². The number of alkyl halides is 1. The number of benzene rings is 1. The van der Waals surface area contributed by atoms with Crippen LogP contribution in [0.2, 0.25) is 0 Å². The number of hydrogen-bond donors (Lipinski definition) is 1. The molecule has 2 unspecified atom stereocenters. The number of carbonyl (C=O) groups excluding carboxylic acids is 1. The van der Waals surface area contributed by atoms with Crippen molar-refractivity contribution >= 4 is 17.5 Å². The molecule has 0 radical (unpaired) electrons. The zero-order valence-electron chi connectivity index (χ0n) is 10.4. The molecule has 0 aliphatic heterocycles. The van der Waals surface area contributed by atoms with Crippen molar-refractivity contribution in [2.24, 2.45) is 5.92 Å². The van der Waals surface area contributed by atoms with Crippen molar-refractivity contribution in [1.29, 1.82) is 0 Å². The fourth-order valence-corrected chi connectivity index (χ4v) is 1.54. The number of nitrogens with one attached hydrogen (secondary N) is 1. The van der Waals surface area contributed by atoms with Crippen molar-refractivity contribution in [3.63, 3.8) is 0 Å². The molecule has 0 bridgehead atoms. The Labute approximate surface area is 107 Å². The Morgan fingerprint density at radius 3 is 2.41 bits per heavy atom. The fraction of sp³-hybridized carbons (Fsp3) is 0.462. The molecule has 0 fully saturated rings. The maximum absolute atomic E-state index is 11.7. The Bertz CT molecular complexity index is 364. The Morgan fingerprint density at radius 1 is 1.35 bits per heavy atom. The Hall–Kier alpha value is -1.22. The van der Waals surface area contributed by atoms with E-state index in [4.69, 9.17) is 16.3 Å². The summed E-state index contributed by atoms with van der Waals surface area (Å²) < 4.78 is 5.08. The molecule has 1 rings (SSSR count). The summed E-state index contributed by atoms with van der Waals surface area (Å²) in [7, 11) is 1.63. The predicted octanol–water partition coefficient (Wildman–Crippen LogP) is 2.75. The van der Waals surface area contributed by atoms with E-state index >= 15 is 0 Å². The van der Waals surface area contributed by atoms with E-state index in [1.807, 2.05) is 38.1 Å². The minimum Gasteiger partial charge on any atom is -0.497 e. The summed E-state index contributed by atoms with van der Waals surface area (Å²) in [6.45, 7) is 3.75. The Kier molecular flexibility index (Phi) is 5.29. The monoisotopic (exact) mass is 255 g/mol. The third-order valence-corrected chi connectivity index (χ3v) is 3.12. The van der Waals surface area contributed by atoms with Gasteiger partial charge in [0.15, 0.2) is 0 Å². The summed E-state index contributed by atoms with van der Waals surface area (Å²) in [6, 6.07) is 7.61. The molecular formula is C13H18ClNO2. The first kappa shape index (κ1) is 13.8. The van der Waals surface area contributed by atoms with E-state index in [0.717, 1.165) is 11.3 Å². The van der Waals surface area contributed by atoms with E-state index in [1.54, 1.807) is 7.11 Å². The Balaban J connectivity index is 2.63. The lowest BCUT2D eigenvalue weighted by atomic mass is 10.1. The van der Waals surface area contributed by atoms with Crippen LogP contribution in [0.25, 0.3) is 0 Å². The lowest BCUT2D eigenvalue weighted by Crippen LogP contribution is -2.32. The SMILES string of the molecule is COc1ccc(C(C)NC(=O)C(C)CCl)cc1. The second-order valence-corrected chi connectivity index (χ2v) is 4.37. The molecule has 0 aromatic heterocycles. The van der Waals surface area contributed by atoms with Gasteiger partial charge >= 0.3 is 0 Å². The van der Waals surface area contributed by atoms with Crippen molar-refractivity contribution < 1.29 is 9.53 Å². The molecule has 0 spiro atoms. The summed E-state index contributed by atoms with van der Waals surface area (Å²) in [5, 5.41) is 2.92. The van der Waals surface area contributed by atoms with E-state index in [0.29, 0.717) is 5.88 Å². The number of rotatable bonds is 5. The Morgan fingerprint density at radius 2 is 1.94 bits per heavy atom. The van der Waals surface area contributed by atoms with Crippen LogP contribution in [0.3, 0.4) is 0 Å². The molecular weight excluding hydrogens is 238 g/mol. The van der Waals surface area contributed by atoms with Crippen molar-refractivity contribution in [2.45, 2.75) is 19.9 Å². The van der Waals surface area contributed by atoms with Gasteiger partial charge in [-0.15, -0.1) is 11.6 Å². The molecule has 94 valence electrons. The number of hydrogen-bond acceptors (Lipinski definition) is 2. The first-order valence-corrected chi connectivity index (χ1v) is 6.12. The van der Waals surface area contributed by atoms with E-state index < -0.39 is 0 Å². The molecule has 0 heterocycles. The number of halogens is 1. The van der Waals surface area contributed by atoms with Gasteiger partial charge in [-0.1, -0.05) is 19.1 Å². The molecule has 3 nitrogen and oxygen atoms in total. The van der Waals surface area contributed by atoms with Gasteiger partial charge < -0.3 is 10.1 Å². The van der Waals surface area contributed by atoms with Crippen LogP contribution in [0, 0.1) is 5.92 Å². The van der Waals surface area contributed by atoms with Gasteiger partial charge in [0.2, 0.25) is 5.91 Å². The number of amides is 1. The molecule has 17 heavy (non-hydrogen) atoms. The lowest BCUT2D eigenvalue weighted by molar-refractivity contribution is -0.124. The topological polar surface area (TPSA) is 38.3 Å². The highest BCUT2D eigenvalue weighted by molar-refractivity contribution is 6.19. The van der Waals surface area contributed by atoms with Crippen LogP contribution >= 0.6 is 11.6 Å². The van der Waals surface area contributed by atoms with E-state index in [9.17, 15) is 4.79 Å². The summed E-state index contributed by atoms with van der Waals surface area (Å²) in [5.41, 5.74) is 1.04. The van der Waals surface area contributed by atoms with Crippen molar-refractivity contribution in [2.75, 3.05) is 13.0 Å². The summed E-state index contributed by atoms with van der Waals surface area (Å²) in [5.74, 6) is 0.948. The first-order chi connectivity index (χ1) is 8.08. The number of carbonyl (C=O) groups is 1. The predicted molar refractivity (Wildman–Crippen MR) is 69.4 cm³/mol. The van der Waals surface area contributed by atoms with Crippen LogP contribution in [0.4, 0.5) is 0 Å². The van der Waals surface area contributed by atoms with Gasteiger partial charge in [-0.05, 0) is 24.6 Å². The van der Waals surface area contributed by atoms with Crippen LogP contribution in [-0.4, -0.2) is 18.9 Å². The average Bonchev–Trinajstić information content (AvgIpc) is 2.37. The second kappa shape index (κ2) is 6.50. The highest BCUT2D eigenvalue weighted by atomic mass is 35.5. The fourth-order valence-electron chi connectivity index (χ4n) is 1.40. The molecule has 0 saturated carbocycles. The molecule has 0 aliphatic carbocycles. The van der Waals surface area contributed by atoms with Gasteiger partial charge in [0.25, 0.3) is 0 Å². The maximum atomic E-state index is 11.7. The van der Waals surface area contributed by atoms with Crippen LogP contribution in [-0.2, 0) is 4.79 Å². The smallest absolute Gasteiger partial charge is 0.224 e. The molecule has 1 amide bonds. The second-order valence-electron chi connectivity index (χ2n) is 4.06. The zero-order chi connectivity index (χ0) is 12.8. The third kappa shape index (κ3) is 3.93. The van der Waals surface area contributed by atoms with Gasteiger partial charge in [-0.3, -0.25) is 4.79 Å². The molecule has 4 heteroatoms. The van der Waals surface area contributed by atoms with Gasteiger partial charge in [0.05, 0.1) is 13.2 Å². The van der Waals surface area contributed by atoms with Crippen molar-refractivity contribution in [1.82, 2.24) is 5.32 Å². The quantitative estimate of drug-likeness (QED) is 0.822. The normalized spacial score (nSPS) is 13.9. The van der Waals surface area contributed by atoms with Crippen LogP contribution in [0.1, 0.15) is 25.5 Å². The zero-order valence-corrected chi connectivity index (χ0v) is 11.1. The summed E-state index contributed by atoms with van der Waals surface area (Å²) in [6.07, 6.45) is 0. The minimum absolute atomic E-state index is 0.0247. The molecule has 1 aromatic rings. The lowest BCUT2D eigenvalue weighted by Gasteiger charge is -2.17. The van der Waals surface area contributed by atoms with E-state index in [1.165, 1.54) is 0 Å². The molecule has 1 aromatic carbocycles. The number of ether oxygens (including phenoxy) is 1. The van der Waals surface area contributed by atoms with Crippen molar-refractivity contribution in [3.8, 4) is 5.75 Å².